The molecule has 1 heterocycles. The van der Waals surface area contributed by atoms with Crippen molar-refractivity contribution in [3.8, 4) is 5.75 Å². The number of amides is 1. The van der Waals surface area contributed by atoms with Crippen LogP contribution in [0, 0.1) is 0 Å². The Morgan fingerprint density at radius 1 is 1.35 bits per heavy atom. The van der Waals surface area contributed by atoms with E-state index in [1.165, 1.54) is 4.90 Å². The van der Waals surface area contributed by atoms with Gasteiger partial charge in [0.1, 0.15) is 12.3 Å². The molecule has 2 N–H and O–H groups in total. The van der Waals surface area contributed by atoms with Crippen LogP contribution in [0.3, 0.4) is 0 Å². The molecular formula is C17H24N2O4. The summed E-state index contributed by atoms with van der Waals surface area (Å²) >= 11 is 0. The van der Waals surface area contributed by atoms with Crippen molar-refractivity contribution < 1.29 is 19.1 Å². The molecule has 126 valence electrons. The van der Waals surface area contributed by atoms with Gasteiger partial charge in [0.05, 0.1) is 11.8 Å². The molecule has 0 bridgehead atoms. The molecule has 0 aliphatic carbocycles. The van der Waals surface area contributed by atoms with Gasteiger partial charge >= 0.3 is 5.97 Å². The third kappa shape index (κ3) is 3.25. The largest absolute Gasteiger partial charge is 0.475 e. The number of ether oxygens (including phenoxy) is 2. The molecule has 0 radical (unpaired) electrons. The molecule has 0 atom stereocenters. The summed E-state index contributed by atoms with van der Waals surface area (Å²) in [6, 6.07) is 5.06. The molecule has 6 heteroatoms. The van der Waals surface area contributed by atoms with Gasteiger partial charge in [-0.25, -0.2) is 0 Å². The minimum atomic E-state index is -0.973. The minimum Gasteiger partial charge on any atom is -0.475 e. The summed E-state index contributed by atoms with van der Waals surface area (Å²) in [5.41, 5.74) is 5.94. The van der Waals surface area contributed by atoms with Crippen LogP contribution < -0.4 is 15.4 Å². The Kier molecular flexibility index (Phi) is 4.82. The van der Waals surface area contributed by atoms with E-state index in [2.05, 4.69) is 0 Å². The van der Waals surface area contributed by atoms with E-state index in [-0.39, 0.29) is 18.6 Å². The zero-order chi connectivity index (χ0) is 17.2. The molecule has 23 heavy (non-hydrogen) atoms. The summed E-state index contributed by atoms with van der Waals surface area (Å²) in [7, 11) is 0. The lowest BCUT2D eigenvalue weighted by molar-refractivity contribution is -0.148. The van der Waals surface area contributed by atoms with Crippen molar-refractivity contribution in [2.45, 2.75) is 52.2 Å². The number of nitrogen functional groups attached to an aromatic ring is 1. The first kappa shape index (κ1) is 17.1. The van der Waals surface area contributed by atoms with E-state index >= 15 is 0 Å². The van der Waals surface area contributed by atoms with Gasteiger partial charge in [-0.3, -0.25) is 14.5 Å². The summed E-state index contributed by atoms with van der Waals surface area (Å²) in [6.45, 7) is 7.19. The first-order valence-electron chi connectivity index (χ1n) is 7.93. The number of esters is 1. The zero-order valence-electron chi connectivity index (χ0n) is 14.1. The fourth-order valence-electron chi connectivity index (χ4n) is 2.73. The Morgan fingerprint density at radius 3 is 2.57 bits per heavy atom. The van der Waals surface area contributed by atoms with Gasteiger partial charge in [0.15, 0.2) is 5.60 Å². The molecule has 0 saturated carbocycles. The normalized spacial score (nSPS) is 16.0. The molecule has 1 aliphatic rings. The highest BCUT2D eigenvalue weighted by Crippen LogP contribution is 2.41. The Bertz CT molecular complexity index is 609. The van der Waals surface area contributed by atoms with Crippen LogP contribution in [0.15, 0.2) is 18.2 Å². The van der Waals surface area contributed by atoms with Gasteiger partial charge in [-0.15, -0.1) is 0 Å². The second kappa shape index (κ2) is 6.48. The van der Waals surface area contributed by atoms with Crippen LogP contribution in [0.1, 0.15) is 40.5 Å². The third-order valence-corrected chi connectivity index (χ3v) is 4.01. The molecule has 0 fully saturated rings. The third-order valence-electron chi connectivity index (χ3n) is 4.01. The Hall–Kier alpha value is -2.24. The summed E-state index contributed by atoms with van der Waals surface area (Å²) in [6.07, 6.45) is 0.783. The van der Waals surface area contributed by atoms with Gasteiger partial charge in [-0.2, -0.15) is 0 Å². The quantitative estimate of drug-likeness (QED) is 0.666. The monoisotopic (exact) mass is 320 g/mol. The average Bonchev–Trinajstić information content (AvgIpc) is 2.49. The molecule has 1 aromatic carbocycles. The standard InChI is InChI=1S/C17H24N2O4/c1-5-17(6-2)16(21)19(10-15(20)22-11(3)4)13-8-7-12(18)9-14(13)23-17/h7-9,11H,5-6,10,18H2,1-4H3. The second-order valence-corrected chi connectivity index (χ2v) is 5.96. The number of nitrogens with two attached hydrogens (primary N) is 1. The van der Waals surface area contributed by atoms with Gasteiger partial charge in [-0.1, -0.05) is 13.8 Å². The van der Waals surface area contributed by atoms with Crippen LogP contribution in [0.5, 0.6) is 5.75 Å². The van der Waals surface area contributed by atoms with Gasteiger partial charge in [0.25, 0.3) is 5.91 Å². The van der Waals surface area contributed by atoms with Crippen molar-refractivity contribution in [1.82, 2.24) is 0 Å². The lowest BCUT2D eigenvalue weighted by Crippen LogP contribution is -2.56. The number of fused-ring (bicyclic) bond motifs is 1. The predicted molar refractivity (Wildman–Crippen MR) is 88.4 cm³/mol. The van der Waals surface area contributed by atoms with Crippen LogP contribution in [0.25, 0.3) is 0 Å². The van der Waals surface area contributed by atoms with Gasteiger partial charge < -0.3 is 15.2 Å². The molecule has 0 aromatic heterocycles. The maximum Gasteiger partial charge on any atom is 0.326 e. The van der Waals surface area contributed by atoms with Crippen molar-refractivity contribution in [3.05, 3.63) is 18.2 Å². The summed E-state index contributed by atoms with van der Waals surface area (Å²) < 4.78 is 11.2. The summed E-state index contributed by atoms with van der Waals surface area (Å²) in [5.74, 6) is -0.148. The molecule has 0 unspecified atom stereocenters. The Labute approximate surface area is 136 Å². The number of benzene rings is 1. The van der Waals surface area contributed by atoms with Crippen molar-refractivity contribution in [2.75, 3.05) is 17.2 Å². The van der Waals surface area contributed by atoms with E-state index in [4.69, 9.17) is 15.2 Å². The SMILES string of the molecule is CCC1(CC)Oc2cc(N)ccc2N(CC(=O)OC(C)C)C1=O. The first-order valence-corrected chi connectivity index (χ1v) is 7.93. The Balaban J connectivity index is 2.42. The average molecular weight is 320 g/mol. The number of hydrogen-bond acceptors (Lipinski definition) is 5. The Morgan fingerprint density at radius 2 is 2.00 bits per heavy atom. The van der Waals surface area contributed by atoms with E-state index < -0.39 is 11.6 Å². The maximum absolute atomic E-state index is 12.9. The van der Waals surface area contributed by atoms with E-state index in [1.807, 2.05) is 13.8 Å². The lowest BCUT2D eigenvalue weighted by atomic mass is 9.92. The number of rotatable bonds is 5. The molecule has 1 aromatic rings. The minimum absolute atomic E-state index is 0.140. The summed E-state index contributed by atoms with van der Waals surface area (Å²) in [4.78, 5) is 26.4. The zero-order valence-corrected chi connectivity index (χ0v) is 14.1. The number of carbonyl (C=O) groups excluding carboxylic acids is 2. The van der Waals surface area contributed by atoms with E-state index in [0.29, 0.717) is 30.0 Å². The highest BCUT2D eigenvalue weighted by atomic mass is 16.5. The summed E-state index contributed by atoms with van der Waals surface area (Å²) in [5, 5.41) is 0. The molecule has 0 spiro atoms. The van der Waals surface area contributed by atoms with Crippen LogP contribution in [0.4, 0.5) is 11.4 Å². The van der Waals surface area contributed by atoms with E-state index in [0.717, 1.165) is 0 Å². The van der Waals surface area contributed by atoms with Gasteiger partial charge in [0, 0.05) is 11.8 Å². The highest BCUT2D eigenvalue weighted by molar-refractivity contribution is 6.05. The first-order chi connectivity index (χ1) is 10.8. The van der Waals surface area contributed by atoms with Crippen molar-refractivity contribution in [2.24, 2.45) is 0 Å². The topological polar surface area (TPSA) is 81.9 Å². The van der Waals surface area contributed by atoms with Gasteiger partial charge in [-0.05, 0) is 38.8 Å². The van der Waals surface area contributed by atoms with Crippen molar-refractivity contribution in [1.29, 1.82) is 0 Å². The van der Waals surface area contributed by atoms with Crippen LogP contribution in [-0.2, 0) is 14.3 Å². The molecule has 6 nitrogen and oxygen atoms in total. The highest BCUT2D eigenvalue weighted by Gasteiger charge is 2.46. The van der Waals surface area contributed by atoms with Crippen molar-refractivity contribution >= 4 is 23.3 Å². The number of nitrogens with zero attached hydrogens (tertiary/aromatic N) is 1. The molecule has 2 rings (SSSR count). The van der Waals surface area contributed by atoms with Crippen LogP contribution in [-0.4, -0.2) is 30.1 Å². The number of hydrogen-bond donors (Lipinski definition) is 1. The lowest BCUT2D eigenvalue weighted by Gasteiger charge is -2.41. The fraction of sp³-hybridized carbons (Fsp3) is 0.529. The second-order valence-electron chi connectivity index (χ2n) is 5.96. The number of carbonyl (C=O) groups is 2. The molecule has 1 amide bonds. The smallest absolute Gasteiger partial charge is 0.326 e. The van der Waals surface area contributed by atoms with E-state index in [9.17, 15) is 9.59 Å². The van der Waals surface area contributed by atoms with Crippen LogP contribution >= 0.6 is 0 Å². The van der Waals surface area contributed by atoms with E-state index in [1.54, 1.807) is 32.0 Å². The predicted octanol–water partition coefficient (Wildman–Crippen LogP) is 2.50. The van der Waals surface area contributed by atoms with Gasteiger partial charge in [0.2, 0.25) is 0 Å². The van der Waals surface area contributed by atoms with Crippen LogP contribution in [0.2, 0.25) is 0 Å². The van der Waals surface area contributed by atoms with Crippen molar-refractivity contribution in [3.63, 3.8) is 0 Å². The molecule has 0 saturated heterocycles. The molecule has 1 aliphatic heterocycles. The fourth-order valence-corrected chi connectivity index (χ4v) is 2.73. The number of anilines is 2. The molecular weight excluding hydrogens is 296 g/mol. The maximum atomic E-state index is 12.9.